The molecule has 0 saturated carbocycles. The highest BCUT2D eigenvalue weighted by atomic mass is 16.5. The Hall–Kier alpha value is -2.36. The summed E-state index contributed by atoms with van der Waals surface area (Å²) in [6.45, 7) is 3.70. The monoisotopic (exact) mass is 314 g/mol. The van der Waals surface area contributed by atoms with Gasteiger partial charge in [0.1, 0.15) is 11.5 Å². The third-order valence-corrected chi connectivity index (χ3v) is 3.60. The molecular weight excluding hydrogens is 288 g/mol. The van der Waals surface area contributed by atoms with Crippen molar-refractivity contribution in [1.29, 1.82) is 0 Å². The minimum atomic E-state index is 0.704. The fourth-order valence-electron chi connectivity index (χ4n) is 2.33. The van der Waals surface area contributed by atoms with Crippen molar-refractivity contribution in [2.24, 2.45) is 0 Å². The second-order valence-corrected chi connectivity index (χ2v) is 5.48. The van der Waals surface area contributed by atoms with E-state index in [0.717, 1.165) is 48.7 Å². The summed E-state index contributed by atoms with van der Waals surface area (Å²) in [5.41, 5.74) is 9.10. The zero-order valence-corrected chi connectivity index (χ0v) is 14.0. The Balaban J connectivity index is 1.76. The van der Waals surface area contributed by atoms with Crippen LogP contribution < -0.4 is 20.5 Å². The van der Waals surface area contributed by atoms with Gasteiger partial charge in [-0.3, -0.25) is 0 Å². The zero-order chi connectivity index (χ0) is 16.5. The molecule has 0 aromatic heterocycles. The molecule has 0 unspecified atom stereocenters. The minimum absolute atomic E-state index is 0.704. The van der Waals surface area contributed by atoms with E-state index in [4.69, 9.17) is 15.2 Å². The first kappa shape index (κ1) is 17.0. The van der Waals surface area contributed by atoms with Gasteiger partial charge in [-0.1, -0.05) is 13.0 Å². The van der Waals surface area contributed by atoms with E-state index in [0.29, 0.717) is 6.61 Å². The number of hydrogen-bond donors (Lipinski definition) is 2. The van der Waals surface area contributed by atoms with Gasteiger partial charge in [-0.2, -0.15) is 0 Å². The standard InChI is InChI=1S/C19H26N2O2/c1-3-13-23-19-11-6-15(14-18(19)20)5-4-12-21-16-7-9-17(22-2)10-8-16/h6-11,14,21H,3-5,12-13,20H2,1-2H3. The second kappa shape index (κ2) is 8.93. The van der Waals surface area contributed by atoms with Gasteiger partial charge in [-0.25, -0.2) is 0 Å². The molecule has 0 aliphatic carbocycles. The number of anilines is 2. The summed E-state index contributed by atoms with van der Waals surface area (Å²) in [5.74, 6) is 1.66. The van der Waals surface area contributed by atoms with Gasteiger partial charge in [0, 0.05) is 12.2 Å². The average Bonchev–Trinajstić information content (AvgIpc) is 2.58. The molecule has 23 heavy (non-hydrogen) atoms. The second-order valence-electron chi connectivity index (χ2n) is 5.48. The molecule has 0 saturated heterocycles. The minimum Gasteiger partial charge on any atom is -0.497 e. The first-order chi connectivity index (χ1) is 11.2. The SMILES string of the molecule is CCCOc1ccc(CCCNc2ccc(OC)cc2)cc1N. The van der Waals surface area contributed by atoms with Crippen LogP contribution in [-0.2, 0) is 6.42 Å². The topological polar surface area (TPSA) is 56.5 Å². The third kappa shape index (κ3) is 5.40. The van der Waals surface area contributed by atoms with Crippen LogP contribution in [0.4, 0.5) is 11.4 Å². The first-order valence-corrected chi connectivity index (χ1v) is 8.12. The fourth-order valence-corrected chi connectivity index (χ4v) is 2.33. The lowest BCUT2D eigenvalue weighted by atomic mass is 10.1. The van der Waals surface area contributed by atoms with Crippen LogP contribution in [0.25, 0.3) is 0 Å². The summed E-state index contributed by atoms with van der Waals surface area (Å²) in [5, 5.41) is 3.41. The molecule has 2 aromatic carbocycles. The summed E-state index contributed by atoms with van der Waals surface area (Å²) >= 11 is 0. The summed E-state index contributed by atoms with van der Waals surface area (Å²) in [6.07, 6.45) is 3.01. The molecule has 124 valence electrons. The lowest BCUT2D eigenvalue weighted by Crippen LogP contribution is -2.04. The van der Waals surface area contributed by atoms with E-state index in [1.54, 1.807) is 7.11 Å². The maximum atomic E-state index is 6.03. The molecule has 0 aliphatic rings. The van der Waals surface area contributed by atoms with Gasteiger partial charge >= 0.3 is 0 Å². The van der Waals surface area contributed by atoms with Crippen molar-refractivity contribution in [3.05, 3.63) is 48.0 Å². The van der Waals surface area contributed by atoms with Gasteiger partial charge in [-0.15, -0.1) is 0 Å². The number of nitrogen functional groups attached to an aromatic ring is 1. The number of rotatable bonds is 9. The number of aryl methyl sites for hydroxylation is 1. The van der Waals surface area contributed by atoms with Crippen molar-refractivity contribution >= 4 is 11.4 Å². The molecule has 0 fully saturated rings. The lowest BCUT2D eigenvalue weighted by molar-refractivity contribution is 0.319. The maximum Gasteiger partial charge on any atom is 0.142 e. The fraction of sp³-hybridized carbons (Fsp3) is 0.368. The van der Waals surface area contributed by atoms with Crippen LogP contribution in [0, 0.1) is 0 Å². The molecule has 0 bridgehead atoms. The van der Waals surface area contributed by atoms with Crippen LogP contribution in [0.5, 0.6) is 11.5 Å². The van der Waals surface area contributed by atoms with E-state index < -0.39 is 0 Å². The average molecular weight is 314 g/mol. The Morgan fingerprint density at radius 1 is 1.09 bits per heavy atom. The summed E-state index contributed by atoms with van der Waals surface area (Å²) in [6, 6.07) is 14.0. The van der Waals surface area contributed by atoms with Gasteiger partial charge in [-0.05, 0) is 61.2 Å². The van der Waals surface area contributed by atoms with Crippen molar-refractivity contribution in [2.45, 2.75) is 26.2 Å². The van der Waals surface area contributed by atoms with Crippen molar-refractivity contribution in [3.63, 3.8) is 0 Å². The van der Waals surface area contributed by atoms with Gasteiger partial charge in [0.25, 0.3) is 0 Å². The van der Waals surface area contributed by atoms with E-state index in [9.17, 15) is 0 Å². The van der Waals surface area contributed by atoms with E-state index in [1.165, 1.54) is 5.56 Å². The summed E-state index contributed by atoms with van der Waals surface area (Å²) in [7, 11) is 1.67. The predicted molar refractivity (Wildman–Crippen MR) is 96.4 cm³/mol. The summed E-state index contributed by atoms with van der Waals surface area (Å²) in [4.78, 5) is 0. The van der Waals surface area contributed by atoms with Crippen LogP contribution in [-0.4, -0.2) is 20.3 Å². The first-order valence-electron chi connectivity index (χ1n) is 8.12. The number of methoxy groups -OCH3 is 1. The normalized spacial score (nSPS) is 10.3. The Kier molecular flexibility index (Phi) is 6.60. The number of benzene rings is 2. The van der Waals surface area contributed by atoms with Gasteiger partial charge in [0.15, 0.2) is 0 Å². The quantitative estimate of drug-likeness (QED) is 0.540. The number of ether oxygens (including phenoxy) is 2. The Labute approximate surface area is 138 Å². The van der Waals surface area contributed by atoms with Crippen molar-refractivity contribution in [2.75, 3.05) is 31.3 Å². The Morgan fingerprint density at radius 3 is 2.52 bits per heavy atom. The number of nitrogens with one attached hydrogen (secondary N) is 1. The maximum absolute atomic E-state index is 6.03. The lowest BCUT2D eigenvalue weighted by Gasteiger charge is -2.10. The van der Waals surface area contributed by atoms with Crippen molar-refractivity contribution in [1.82, 2.24) is 0 Å². The molecule has 0 heterocycles. The van der Waals surface area contributed by atoms with E-state index >= 15 is 0 Å². The van der Waals surface area contributed by atoms with E-state index in [2.05, 4.69) is 18.3 Å². The molecule has 0 spiro atoms. The zero-order valence-electron chi connectivity index (χ0n) is 14.0. The molecule has 4 nitrogen and oxygen atoms in total. The highest BCUT2D eigenvalue weighted by molar-refractivity contribution is 5.54. The molecule has 0 radical (unpaired) electrons. The van der Waals surface area contributed by atoms with Crippen LogP contribution in [0.3, 0.4) is 0 Å². The van der Waals surface area contributed by atoms with Gasteiger partial charge in [0.05, 0.1) is 19.4 Å². The van der Waals surface area contributed by atoms with Crippen LogP contribution in [0.1, 0.15) is 25.3 Å². The molecular formula is C19H26N2O2. The molecule has 4 heteroatoms. The van der Waals surface area contributed by atoms with Crippen molar-refractivity contribution in [3.8, 4) is 11.5 Å². The molecule has 3 N–H and O–H groups in total. The Morgan fingerprint density at radius 2 is 1.87 bits per heavy atom. The van der Waals surface area contributed by atoms with Crippen LogP contribution in [0.15, 0.2) is 42.5 Å². The smallest absolute Gasteiger partial charge is 0.142 e. The largest absolute Gasteiger partial charge is 0.497 e. The van der Waals surface area contributed by atoms with E-state index in [-0.39, 0.29) is 0 Å². The summed E-state index contributed by atoms with van der Waals surface area (Å²) < 4.78 is 10.7. The molecule has 0 aliphatic heterocycles. The van der Waals surface area contributed by atoms with Crippen molar-refractivity contribution < 1.29 is 9.47 Å². The number of nitrogens with two attached hydrogens (primary N) is 1. The highest BCUT2D eigenvalue weighted by Crippen LogP contribution is 2.23. The molecule has 2 aromatic rings. The predicted octanol–water partition coefficient (Wildman–Crippen LogP) is 4.11. The van der Waals surface area contributed by atoms with Gasteiger partial charge < -0.3 is 20.5 Å². The Bertz CT molecular complexity index is 597. The van der Waals surface area contributed by atoms with Crippen LogP contribution in [0.2, 0.25) is 0 Å². The van der Waals surface area contributed by atoms with Crippen LogP contribution >= 0.6 is 0 Å². The molecule has 2 rings (SSSR count). The number of hydrogen-bond acceptors (Lipinski definition) is 4. The third-order valence-electron chi connectivity index (χ3n) is 3.60. The molecule has 0 atom stereocenters. The highest BCUT2D eigenvalue weighted by Gasteiger charge is 2.02. The van der Waals surface area contributed by atoms with E-state index in [1.807, 2.05) is 36.4 Å². The molecule has 0 amide bonds. The van der Waals surface area contributed by atoms with Gasteiger partial charge in [0.2, 0.25) is 0 Å².